The fourth-order valence-corrected chi connectivity index (χ4v) is 3.58. The Bertz CT molecular complexity index is 295. The van der Waals surface area contributed by atoms with Crippen LogP contribution in [0.5, 0.6) is 0 Å². The van der Waals surface area contributed by atoms with Crippen molar-refractivity contribution in [1.82, 2.24) is 4.90 Å². The van der Waals surface area contributed by atoms with Gasteiger partial charge in [-0.1, -0.05) is 0 Å². The van der Waals surface area contributed by atoms with Crippen LogP contribution in [-0.4, -0.2) is 18.5 Å². The van der Waals surface area contributed by atoms with Gasteiger partial charge < -0.3 is 0 Å². The highest BCUT2D eigenvalue weighted by Crippen LogP contribution is 2.37. The molecule has 0 amide bonds. The molecule has 1 aliphatic rings. The first-order valence-corrected chi connectivity index (χ1v) is 5.83. The summed E-state index contributed by atoms with van der Waals surface area (Å²) in [5.74, 6) is 0. The number of rotatable bonds is 0. The Morgan fingerprint density at radius 3 is 3.17 bits per heavy atom. The smallest absolute Gasteiger partial charge is 0.0413 e. The highest BCUT2D eigenvalue weighted by atomic mass is 79.9. The van der Waals surface area contributed by atoms with E-state index < -0.39 is 0 Å². The van der Waals surface area contributed by atoms with E-state index in [9.17, 15) is 0 Å². The van der Waals surface area contributed by atoms with Gasteiger partial charge in [0.25, 0.3) is 0 Å². The van der Waals surface area contributed by atoms with Crippen LogP contribution in [0.1, 0.15) is 23.4 Å². The van der Waals surface area contributed by atoms with Crippen molar-refractivity contribution in [2.75, 3.05) is 13.6 Å². The lowest BCUT2D eigenvalue weighted by atomic mass is 10.0. The molecule has 3 heteroatoms. The first kappa shape index (κ1) is 8.73. The molecule has 0 bridgehead atoms. The maximum absolute atomic E-state index is 3.59. The third-order valence-electron chi connectivity index (χ3n) is 2.63. The third kappa shape index (κ3) is 1.24. The van der Waals surface area contributed by atoms with E-state index in [2.05, 4.69) is 40.2 Å². The van der Waals surface area contributed by atoms with Crippen molar-refractivity contribution < 1.29 is 0 Å². The van der Waals surface area contributed by atoms with Gasteiger partial charge in [0.2, 0.25) is 0 Å². The second-order valence-electron chi connectivity index (χ2n) is 3.33. The van der Waals surface area contributed by atoms with E-state index in [0.717, 1.165) is 0 Å². The van der Waals surface area contributed by atoms with Crippen LogP contribution in [0, 0.1) is 0 Å². The van der Waals surface area contributed by atoms with Gasteiger partial charge in [0.15, 0.2) is 0 Å². The molecule has 0 saturated carbocycles. The van der Waals surface area contributed by atoms with Crippen molar-refractivity contribution in [2.24, 2.45) is 0 Å². The van der Waals surface area contributed by atoms with Crippen LogP contribution in [0.2, 0.25) is 0 Å². The van der Waals surface area contributed by atoms with E-state index in [-0.39, 0.29) is 0 Å². The lowest BCUT2D eigenvalue weighted by Crippen LogP contribution is -2.29. The summed E-state index contributed by atoms with van der Waals surface area (Å²) >= 11 is 5.47. The normalized spacial score (nSPS) is 24.1. The van der Waals surface area contributed by atoms with Crippen molar-refractivity contribution in [3.05, 3.63) is 20.3 Å². The highest BCUT2D eigenvalue weighted by molar-refractivity contribution is 9.10. The molecule has 0 saturated heterocycles. The van der Waals surface area contributed by atoms with Crippen LogP contribution in [0.3, 0.4) is 0 Å². The number of fused-ring (bicyclic) bond motifs is 1. The predicted molar refractivity (Wildman–Crippen MR) is 56.8 cm³/mol. The van der Waals surface area contributed by atoms with Crippen molar-refractivity contribution in [1.29, 1.82) is 0 Å². The topological polar surface area (TPSA) is 3.24 Å². The van der Waals surface area contributed by atoms with Gasteiger partial charge in [-0.2, -0.15) is 0 Å². The number of halogens is 1. The zero-order valence-corrected chi connectivity index (χ0v) is 9.70. The molecule has 0 aliphatic carbocycles. The molecule has 2 rings (SSSR count). The van der Waals surface area contributed by atoms with Gasteiger partial charge in [-0.15, -0.1) is 11.3 Å². The molecule has 0 N–H and O–H groups in total. The lowest BCUT2D eigenvalue weighted by Gasteiger charge is -2.29. The lowest BCUT2D eigenvalue weighted by molar-refractivity contribution is 0.252. The second kappa shape index (κ2) is 3.13. The largest absolute Gasteiger partial charge is 0.298 e. The Balaban J connectivity index is 2.43. The van der Waals surface area contributed by atoms with Gasteiger partial charge in [-0.3, -0.25) is 4.90 Å². The van der Waals surface area contributed by atoms with E-state index in [0.29, 0.717) is 6.04 Å². The number of hydrogen-bond donors (Lipinski definition) is 0. The molecular weight excluding hydrogens is 234 g/mol. The average molecular weight is 246 g/mol. The van der Waals surface area contributed by atoms with E-state index in [4.69, 9.17) is 0 Å². The Morgan fingerprint density at radius 1 is 1.67 bits per heavy atom. The molecule has 1 aromatic rings. The van der Waals surface area contributed by atoms with E-state index in [1.807, 2.05) is 11.3 Å². The highest BCUT2D eigenvalue weighted by Gasteiger charge is 2.23. The summed E-state index contributed by atoms with van der Waals surface area (Å²) in [6.45, 7) is 3.46. The summed E-state index contributed by atoms with van der Waals surface area (Å²) in [5, 5.41) is 2.21. The zero-order valence-electron chi connectivity index (χ0n) is 7.30. The first-order chi connectivity index (χ1) is 5.70. The molecule has 0 spiro atoms. The van der Waals surface area contributed by atoms with Crippen molar-refractivity contribution in [3.8, 4) is 0 Å². The maximum atomic E-state index is 3.59. The minimum atomic E-state index is 0.602. The first-order valence-electron chi connectivity index (χ1n) is 4.16. The van der Waals surface area contributed by atoms with Gasteiger partial charge in [-0.05, 0) is 41.9 Å². The Hall–Kier alpha value is 0.140. The quantitative estimate of drug-likeness (QED) is 0.680. The third-order valence-corrected chi connectivity index (χ3v) is 4.84. The average Bonchev–Trinajstić information content (AvgIpc) is 2.41. The fraction of sp³-hybridized carbons (Fsp3) is 0.556. The van der Waals surface area contributed by atoms with Crippen LogP contribution in [0.15, 0.2) is 9.85 Å². The van der Waals surface area contributed by atoms with E-state index >= 15 is 0 Å². The standard InChI is InChI=1S/C9H12BrNS/c1-6-9-7(3-4-11(6)2)8(10)5-12-9/h5-6H,3-4H2,1-2H3. The molecule has 1 aromatic heterocycles. The molecule has 1 unspecified atom stereocenters. The summed E-state index contributed by atoms with van der Waals surface area (Å²) in [5.41, 5.74) is 1.53. The second-order valence-corrected chi connectivity index (χ2v) is 5.10. The zero-order chi connectivity index (χ0) is 8.72. The van der Waals surface area contributed by atoms with Crippen LogP contribution < -0.4 is 0 Å². The Kier molecular flexibility index (Phi) is 2.27. The van der Waals surface area contributed by atoms with Gasteiger partial charge >= 0.3 is 0 Å². The SMILES string of the molecule is CC1c2scc(Br)c2CCN1C. The summed E-state index contributed by atoms with van der Waals surface area (Å²) in [6.07, 6.45) is 1.19. The summed E-state index contributed by atoms with van der Waals surface area (Å²) in [7, 11) is 2.20. The molecule has 0 aromatic carbocycles. The van der Waals surface area contributed by atoms with Crippen LogP contribution in [0.4, 0.5) is 0 Å². The number of likely N-dealkylation sites (N-methyl/N-ethyl adjacent to an activating group) is 1. The van der Waals surface area contributed by atoms with Crippen LogP contribution in [-0.2, 0) is 6.42 Å². The summed E-state index contributed by atoms with van der Waals surface area (Å²) in [4.78, 5) is 3.95. The van der Waals surface area contributed by atoms with Gasteiger partial charge in [-0.25, -0.2) is 0 Å². The molecule has 1 aliphatic heterocycles. The van der Waals surface area contributed by atoms with Crippen LogP contribution in [0.25, 0.3) is 0 Å². The minimum Gasteiger partial charge on any atom is -0.298 e. The monoisotopic (exact) mass is 245 g/mol. The Morgan fingerprint density at radius 2 is 2.42 bits per heavy atom. The fourth-order valence-electron chi connectivity index (χ4n) is 1.65. The molecule has 1 nitrogen and oxygen atoms in total. The molecule has 1 atom stereocenters. The van der Waals surface area contributed by atoms with E-state index in [1.54, 1.807) is 0 Å². The van der Waals surface area contributed by atoms with Crippen molar-refractivity contribution in [3.63, 3.8) is 0 Å². The van der Waals surface area contributed by atoms with Gasteiger partial charge in [0, 0.05) is 27.3 Å². The molecule has 66 valence electrons. The van der Waals surface area contributed by atoms with Gasteiger partial charge in [0.05, 0.1) is 0 Å². The number of thiophene rings is 1. The summed E-state index contributed by atoms with van der Waals surface area (Å²) in [6, 6.07) is 0.602. The predicted octanol–water partition coefficient (Wildman–Crippen LogP) is 3.06. The molecule has 0 radical (unpaired) electrons. The van der Waals surface area contributed by atoms with Crippen molar-refractivity contribution in [2.45, 2.75) is 19.4 Å². The molecule has 0 fully saturated rings. The summed E-state index contributed by atoms with van der Waals surface area (Å²) < 4.78 is 1.31. The van der Waals surface area contributed by atoms with E-state index in [1.165, 1.54) is 27.9 Å². The Labute approximate surface area is 85.5 Å². The van der Waals surface area contributed by atoms with Crippen molar-refractivity contribution >= 4 is 27.3 Å². The number of nitrogens with zero attached hydrogens (tertiary/aromatic N) is 1. The maximum Gasteiger partial charge on any atom is 0.0413 e. The molecule has 2 heterocycles. The van der Waals surface area contributed by atoms with Gasteiger partial charge in [0.1, 0.15) is 0 Å². The molecular formula is C9H12BrNS. The number of hydrogen-bond acceptors (Lipinski definition) is 2. The minimum absolute atomic E-state index is 0.602. The van der Waals surface area contributed by atoms with Crippen LogP contribution >= 0.6 is 27.3 Å². The molecule has 12 heavy (non-hydrogen) atoms.